The Morgan fingerprint density at radius 1 is 1.30 bits per heavy atom. The quantitative estimate of drug-likeness (QED) is 0.860. The number of rotatable bonds is 5. The zero-order valence-corrected chi connectivity index (χ0v) is 12.1. The number of carbonyl (C=O) groups excluding carboxylic acids is 1. The largest absolute Gasteiger partial charge is 0.497 e. The molecular formula is C14H20N2O4. The molecule has 0 spiro atoms. The van der Waals surface area contributed by atoms with Crippen LogP contribution in [0.2, 0.25) is 0 Å². The summed E-state index contributed by atoms with van der Waals surface area (Å²) in [6, 6.07) is 6.83. The van der Waals surface area contributed by atoms with Crippen molar-refractivity contribution in [1.29, 1.82) is 0 Å². The number of aliphatic carboxylic acids is 1. The zero-order chi connectivity index (χ0) is 15.3. The number of hydrogen-bond acceptors (Lipinski definition) is 3. The van der Waals surface area contributed by atoms with Gasteiger partial charge in [0, 0.05) is 13.6 Å². The zero-order valence-electron chi connectivity index (χ0n) is 12.1. The molecule has 0 saturated carbocycles. The molecule has 0 heterocycles. The fourth-order valence-corrected chi connectivity index (χ4v) is 1.44. The first-order valence-electron chi connectivity index (χ1n) is 6.17. The van der Waals surface area contributed by atoms with E-state index in [2.05, 4.69) is 5.32 Å². The molecule has 0 aliphatic heterocycles. The van der Waals surface area contributed by atoms with Crippen LogP contribution in [0.3, 0.4) is 0 Å². The fraction of sp³-hybridized carbons (Fsp3) is 0.429. The smallest absolute Gasteiger partial charge is 0.329 e. The number of nitrogens with one attached hydrogen (secondary N) is 1. The number of carboxylic acids is 1. The summed E-state index contributed by atoms with van der Waals surface area (Å²) in [5, 5.41) is 11.7. The predicted octanol–water partition coefficient (Wildman–Crippen LogP) is 1.70. The first-order chi connectivity index (χ1) is 9.28. The topological polar surface area (TPSA) is 78.9 Å². The van der Waals surface area contributed by atoms with Gasteiger partial charge in [0.2, 0.25) is 0 Å². The Hall–Kier alpha value is -2.24. The SMILES string of the molecule is COc1ccc(CNC(=O)N(C)C(C)(C)C(=O)O)cc1. The van der Waals surface area contributed by atoms with Crippen molar-refractivity contribution < 1.29 is 19.4 Å². The molecule has 0 radical (unpaired) electrons. The third kappa shape index (κ3) is 3.63. The molecule has 6 heteroatoms. The predicted molar refractivity (Wildman–Crippen MR) is 74.7 cm³/mol. The normalized spacial score (nSPS) is 10.8. The maximum atomic E-state index is 11.9. The fourth-order valence-electron chi connectivity index (χ4n) is 1.44. The molecular weight excluding hydrogens is 260 g/mol. The van der Waals surface area contributed by atoms with E-state index < -0.39 is 17.5 Å². The Morgan fingerprint density at radius 2 is 1.85 bits per heavy atom. The van der Waals surface area contributed by atoms with Crippen LogP contribution in [0.4, 0.5) is 4.79 Å². The highest BCUT2D eigenvalue weighted by Gasteiger charge is 2.35. The third-order valence-electron chi connectivity index (χ3n) is 3.27. The van der Waals surface area contributed by atoms with Gasteiger partial charge in [-0.2, -0.15) is 0 Å². The molecule has 6 nitrogen and oxygen atoms in total. The van der Waals surface area contributed by atoms with E-state index >= 15 is 0 Å². The van der Waals surface area contributed by atoms with E-state index in [1.54, 1.807) is 19.2 Å². The molecule has 2 N–H and O–H groups in total. The molecule has 0 atom stereocenters. The van der Waals surface area contributed by atoms with Gasteiger partial charge in [-0.05, 0) is 31.5 Å². The molecule has 0 bridgehead atoms. The van der Waals surface area contributed by atoms with E-state index in [0.717, 1.165) is 11.3 Å². The highest BCUT2D eigenvalue weighted by molar-refractivity contribution is 5.85. The summed E-state index contributed by atoms with van der Waals surface area (Å²) in [7, 11) is 3.04. The summed E-state index contributed by atoms with van der Waals surface area (Å²) >= 11 is 0. The molecule has 0 aliphatic carbocycles. The maximum Gasteiger partial charge on any atom is 0.329 e. The van der Waals surface area contributed by atoms with Crippen molar-refractivity contribution in [3.8, 4) is 5.75 Å². The summed E-state index contributed by atoms with van der Waals surface area (Å²) in [6.45, 7) is 3.27. The Bertz CT molecular complexity index is 482. The molecule has 110 valence electrons. The number of carboxylic acid groups (broad SMARTS) is 1. The van der Waals surface area contributed by atoms with E-state index in [1.807, 2.05) is 12.1 Å². The lowest BCUT2D eigenvalue weighted by Gasteiger charge is -2.31. The molecule has 0 saturated heterocycles. The molecule has 0 fully saturated rings. The van der Waals surface area contributed by atoms with E-state index in [1.165, 1.54) is 25.8 Å². The molecule has 0 aliphatic rings. The van der Waals surface area contributed by atoms with Gasteiger partial charge in [-0.3, -0.25) is 0 Å². The summed E-state index contributed by atoms with van der Waals surface area (Å²) < 4.78 is 5.04. The molecule has 2 amide bonds. The standard InChI is InChI=1S/C14H20N2O4/c1-14(2,12(17)18)16(3)13(19)15-9-10-5-7-11(20-4)8-6-10/h5-8H,9H2,1-4H3,(H,15,19)(H,17,18). The highest BCUT2D eigenvalue weighted by Crippen LogP contribution is 2.13. The number of amides is 2. The van der Waals surface area contributed by atoms with Gasteiger partial charge in [-0.25, -0.2) is 9.59 Å². The summed E-state index contributed by atoms with van der Waals surface area (Å²) in [6.07, 6.45) is 0. The summed E-state index contributed by atoms with van der Waals surface area (Å²) in [5.41, 5.74) is -0.357. The molecule has 20 heavy (non-hydrogen) atoms. The monoisotopic (exact) mass is 280 g/mol. The Kier molecular flexibility index (Phi) is 4.96. The Balaban J connectivity index is 2.60. The average Bonchev–Trinajstić information content (AvgIpc) is 2.44. The van der Waals surface area contributed by atoms with Crippen molar-refractivity contribution in [2.24, 2.45) is 0 Å². The Labute approximate surface area is 118 Å². The lowest BCUT2D eigenvalue weighted by atomic mass is 10.1. The van der Waals surface area contributed by atoms with Gasteiger partial charge in [-0.15, -0.1) is 0 Å². The van der Waals surface area contributed by atoms with Gasteiger partial charge in [0.25, 0.3) is 0 Å². The van der Waals surface area contributed by atoms with Crippen LogP contribution in [0.5, 0.6) is 5.75 Å². The van der Waals surface area contributed by atoms with Crippen LogP contribution < -0.4 is 10.1 Å². The molecule has 1 rings (SSSR count). The van der Waals surface area contributed by atoms with Gasteiger partial charge in [0.1, 0.15) is 11.3 Å². The first kappa shape index (κ1) is 15.8. The number of nitrogens with zero attached hydrogens (tertiary/aromatic N) is 1. The van der Waals surface area contributed by atoms with Crippen molar-refractivity contribution in [3.05, 3.63) is 29.8 Å². The van der Waals surface area contributed by atoms with E-state index in [-0.39, 0.29) is 0 Å². The second-order valence-electron chi connectivity index (χ2n) is 4.93. The van der Waals surface area contributed by atoms with Crippen LogP contribution in [0.1, 0.15) is 19.4 Å². The van der Waals surface area contributed by atoms with Crippen LogP contribution in [-0.2, 0) is 11.3 Å². The van der Waals surface area contributed by atoms with Crippen LogP contribution in [0.25, 0.3) is 0 Å². The number of benzene rings is 1. The Morgan fingerprint density at radius 3 is 2.30 bits per heavy atom. The van der Waals surface area contributed by atoms with Crippen LogP contribution in [0.15, 0.2) is 24.3 Å². The molecule has 0 unspecified atom stereocenters. The van der Waals surface area contributed by atoms with Gasteiger partial charge in [-0.1, -0.05) is 12.1 Å². The minimum atomic E-state index is -1.26. The van der Waals surface area contributed by atoms with Crippen molar-refractivity contribution >= 4 is 12.0 Å². The van der Waals surface area contributed by atoms with Gasteiger partial charge in [0.15, 0.2) is 0 Å². The lowest BCUT2D eigenvalue weighted by molar-refractivity contribution is -0.146. The number of likely N-dealkylation sites (N-methyl/N-ethyl adjacent to an activating group) is 1. The van der Waals surface area contributed by atoms with Crippen molar-refractivity contribution in [2.75, 3.05) is 14.2 Å². The number of urea groups is 1. The number of methoxy groups -OCH3 is 1. The molecule has 0 aromatic heterocycles. The van der Waals surface area contributed by atoms with E-state index in [4.69, 9.17) is 9.84 Å². The van der Waals surface area contributed by atoms with Crippen LogP contribution in [-0.4, -0.2) is 41.7 Å². The lowest BCUT2D eigenvalue weighted by Crippen LogP contribution is -2.53. The van der Waals surface area contributed by atoms with Gasteiger partial charge in [0.05, 0.1) is 7.11 Å². The number of hydrogen-bond donors (Lipinski definition) is 2. The highest BCUT2D eigenvalue weighted by atomic mass is 16.5. The number of ether oxygens (including phenoxy) is 1. The first-order valence-corrected chi connectivity index (χ1v) is 6.17. The van der Waals surface area contributed by atoms with Gasteiger partial charge >= 0.3 is 12.0 Å². The molecule has 1 aromatic carbocycles. The minimum absolute atomic E-state index is 0.322. The van der Waals surface area contributed by atoms with Crippen LogP contribution in [0, 0.1) is 0 Å². The van der Waals surface area contributed by atoms with Crippen LogP contribution >= 0.6 is 0 Å². The van der Waals surface area contributed by atoms with Crippen molar-refractivity contribution in [2.45, 2.75) is 25.9 Å². The molecule has 1 aromatic rings. The van der Waals surface area contributed by atoms with E-state index in [0.29, 0.717) is 6.54 Å². The minimum Gasteiger partial charge on any atom is -0.497 e. The third-order valence-corrected chi connectivity index (χ3v) is 3.27. The summed E-state index contributed by atoms with van der Waals surface area (Å²) in [5.74, 6) is -0.316. The summed E-state index contributed by atoms with van der Waals surface area (Å²) in [4.78, 5) is 24.2. The second-order valence-corrected chi connectivity index (χ2v) is 4.93. The average molecular weight is 280 g/mol. The second kappa shape index (κ2) is 6.27. The van der Waals surface area contributed by atoms with Crippen molar-refractivity contribution in [3.63, 3.8) is 0 Å². The van der Waals surface area contributed by atoms with Crippen molar-refractivity contribution in [1.82, 2.24) is 10.2 Å². The number of carbonyl (C=O) groups is 2. The van der Waals surface area contributed by atoms with Gasteiger partial charge < -0.3 is 20.1 Å². The maximum absolute atomic E-state index is 11.9. The van der Waals surface area contributed by atoms with E-state index in [9.17, 15) is 9.59 Å².